The molecule has 3 aromatic rings. The van der Waals surface area contributed by atoms with Gasteiger partial charge in [-0.15, -0.1) is 6.58 Å². The molecule has 166 valence electrons. The number of piperazine rings is 1. The summed E-state index contributed by atoms with van der Waals surface area (Å²) in [7, 11) is 0. The third kappa shape index (κ3) is 5.50. The molecule has 0 spiro atoms. The van der Waals surface area contributed by atoms with Crippen molar-refractivity contribution in [1.29, 1.82) is 0 Å². The van der Waals surface area contributed by atoms with E-state index in [0.29, 0.717) is 24.6 Å². The van der Waals surface area contributed by atoms with E-state index in [0.717, 1.165) is 41.8 Å². The van der Waals surface area contributed by atoms with Crippen molar-refractivity contribution in [3.63, 3.8) is 0 Å². The molecule has 1 saturated heterocycles. The number of carbonyl (C=O) groups is 1. The number of hydrogen-bond donors (Lipinski definition) is 0. The highest BCUT2D eigenvalue weighted by Gasteiger charge is 2.24. The Kier molecular flexibility index (Phi) is 7.45. The van der Waals surface area contributed by atoms with E-state index in [9.17, 15) is 4.79 Å². The molecular weight excluding hydrogens is 468 g/mol. The zero-order chi connectivity index (χ0) is 22.3. The van der Waals surface area contributed by atoms with E-state index >= 15 is 0 Å². The second-order valence-electron chi connectivity index (χ2n) is 7.81. The number of para-hydroxylation sites is 1. The van der Waals surface area contributed by atoms with Crippen LogP contribution in [0.2, 0.25) is 0 Å². The first-order chi connectivity index (χ1) is 15.6. The highest BCUT2D eigenvalue weighted by Crippen LogP contribution is 2.22. The molecule has 6 heteroatoms. The van der Waals surface area contributed by atoms with Crippen LogP contribution < -0.4 is 4.74 Å². The lowest BCUT2D eigenvalue weighted by atomic mass is 10.1. The summed E-state index contributed by atoms with van der Waals surface area (Å²) in [4.78, 5) is 17.1. The van der Waals surface area contributed by atoms with Gasteiger partial charge < -0.3 is 14.1 Å². The molecule has 1 aliphatic heterocycles. The van der Waals surface area contributed by atoms with Crippen molar-refractivity contribution in [2.75, 3.05) is 26.2 Å². The van der Waals surface area contributed by atoms with Crippen LogP contribution in [0.4, 0.5) is 0 Å². The molecule has 1 aromatic heterocycles. The number of nitrogens with zero attached hydrogens (tertiary/aromatic N) is 2. The van der Waals surface area contributed by atoms with Gasteiger partial charge in [0.2, 0.25) is 0 Å². The molecule has 2 heterocycles. The van der Waals surface area contributed by atoms with Crippen molar-refractivity contribution in [2.45, 2.75) is 19.6 Å². The average Bonchev–Trinajstić information content (AvgIpc) is 3.29. The van der Waals surface area contributed by atoms with Crippen LogP contribution in [0.5, 0.6) is 5.75 Å². The highest BCUT2D eigenvalue weighted by molar-refractivity contribution is 9.10. The fourth-order valence-corrected chi connectivity index (χ4v) is 4.23. The number of furan rings is 1. The summed E-state index contributed by atoms with van der Waals surface area (Å²) in [6.07, 6.45) is 2.59. The fraction of sp³-hybridized carbons (Fsp3) is 0.269. The van der Waals surface area contributed by atoms with Crippen LogP contribution in [0.25, 0.3) is 0 Å². The van der Waals surface area contributed by atoms with Gasteiger partial charge in [-0.1, -0.05) is 58.4 Å². The van der Waals surface area contributed by atoms with Gasteiger partial charge in [-0.25, -0.2) is 0 Å². The molecule has 2 aromatic carbocycles. The normalized spacial score (nSPS) is 14.3. The molecule has 0 saturated carbocycles. The summed E-state index contributed by atoms with van der Waals surface area (Å²) in [6.45, 7) is 7.99. The summed E-state index contributed by atoms with van der Waals surface area (Å²) < 4.78 is 12.8. The van der Waals surface area contributed by atoms with Crippen molar-refractivity contribution in [3.05, 3.63) is 100 Å². The van der Waals surface area contributed by atoms with E-state index in [4.69, 9.17) is 9.15 Å². The maximum Gasteiger partial charge on any atom is 0.289 e. The minimum Gasteiger partial charge on any atom is -0.485 e. The first-order valence-electron chi connectivity index (χ1n) is 10.8. The number of allylic oxidation sites excluding steroid dienone is 1. The third-order valence-electron chi connectivity index (χ3n) is 5.59. The van der Waals surface area contributed by atoms with Crippen molar-refractivity contribution < 1.29 is 13.9 Å². The molecule has 0 radical (unpaired) electrons. The number of ether oxygens (including phenoxy) is 1. The van der Waals surface area contributed by atoms with E-state index in [1.807, 2.05) is 47.4 Å². The molecule has 1 fully saturated rings. The van der Waals surface area contributed by atoms with E-state index in [-0.39, 0.29) is 12.5 Å². The smallest absolute Gasteiger partial charge is 0.289 e. The van der Waals surface area contributed by atoms with E-state index in [1.165, 1.54) is 5.56 Å². The Labute approximate surface area is 197 Å². The SMILES string of the molecule is C=CCc1ccccc1OCc1ccc(C(=O)N2CCN(Cc3ccccc3Br)CC2)o1. The first kappa shape index (κ1) is 22.4. The van der Waals surface area contributed by atoms with Gasteiger partial charge in [0, 0.05) is 37.2 Å². The number of amides is 1. The third-order valence-corrected chi connectivity index (χ3v) is 6.36. The zero-order valence-corrected chi connectivity index (χ0v) is 19.6. The van der Waals surface area contributed by atoms with Crippen LogP contribution in [0, 0.1) is 0 Å². The lowest BCUT2D eigenvalue weighted by Crippen LogP contribution is -2.48. The number of halogens is 1. The maximum atomic E-state index is 12.9. The molecule has 4 rings (SSSR count). The Balaban J connectivity index is 1.30. The van der Waals surface area contributed by atoms with Crippen molar-refractivity contribution in [3.8, 4) is 5.75 Å². The number of carbonyl (C=O) groups excluding carboxylic acids is 1. The highest BCUT2D eigenvalue weighted by atomic mass is 79.9. The molecule has 0 atom stereocenters. The standard InChI is InChI=1S/C26H27BrN2O3/c1-2-7-20-8-4-6-11-24(20)31-19-22-12-13-25(32-22)26(30)29-16-14-28(15-17-29)18-21-9-3-5-10-23(21)27/h2-6,8-13H,1,7,14-19H2. The van der Waals surface area contributed by atoms with Crippen LogP contribution in [-0.4, -0.2) is 41.9 Å². The Hall–Kier alpha value is -2.83. The lowest BCUT2D eigenvalue weighted by Gasteiger charge is -2.34. The Morgan fingerprint density at radius 3 is 2.47 bits per heavy atom. The molecule has 0 bridgehead atoms. The molecular formula is C26H27BrN2O3. The van der Waals surface area contributed by atoms with Gasteiger partial charge >= 0.3 is 0 Å². The first-order valence-corrected chi connectivity index (χ1v) is 11.6. The van der Waals surface area contributed by atoms with Gasteiger partial charge in [-0.05, 0) is 41.8 Å². The molecule has 5 nitrogen and oxygen atoms in total. The largest absolute Gasteiger partial charge is 0.485 e. The van der Waals surface area contributed by atoms with Gasteiger partial charge in [-0.2, -0.15) is 0 Å². The van der Waals surface area contributed by atoms with Gasteiger partial charge in [0.15, 0.2) is 5.76 Å². The van der Waals surface area contributed by atoms with E-state index in [2.05, 4.69) is 45.6 Å². The maximum absolute atomic E-state index is 12.9. The Bertz CT molecular complexity index is 1070. The van der Waals surface area contributed by atoms with Crippen LogP contribution in [0.3, 0.4) is 0 Å². The van der Waals surface area contributed by atoms with Crippen LogP contribution in [0.15, 0.2) is 82.2 Å². The van der Waals surface area contributed by atoms with E-state index in [1.54, 1.807) is 6.07 Å². The summed E-state index contributed by atoms with van der Waals surface area (Å²) in [5.41, 5.74) is 2.34. The molecule has 0 aliphatic carbocycles. The quantitative estimate of drug-likeness (QED) is 0.398. The molecule has 1 aliphatic rings. The number of rotatable bonds is 8. The monoisotopic (exact) mass is 494 g/mol. The van der Waals surface area contributed by atoms with Crippen molar-refractivity contribution in [1.82, 2.24) is 9.80 Å². The second-order valence-corrected chi connectivity index (χ2v) is 8.67. The van der Waals surface area contributed by atoms with Crippen molar-refractivity contribution >= 4 is 21.8 Å². The molecule has 0 N–H and O–H groups in total. The predicted molar refractivity (Wildman–Crippen MR) is 129 cm³/mol. The minimum absolute atomic E-state index is 0.0659. The van der Waals surface area contributed by atoms with Crippen LogP contribution in [0.1, 0.15) is 27.4 Å². The summed E-state index contributed by atoms with van der Waals surface area (Å²) in [5, 5.41) is 0. The van der Waals surface area contributed by atoms with Gasteiger partial charge in [-0.3, -0.25) is 9.69 Å². The van der Waals surface area contributed by atoms with E-state index < -0.39 is 0 Å². The van der Waals surface area contributed by atoms with Crippen LogP contribution >= 0.6 is 15.9 Å². The fourth-order valence-electron chi connectivity index (χ4n) is 3.82. The average molecular weight is 495 g/mol. The predicted octanol–water partition coefficient (Wildman–Crippen LogP) is 5.31. The number of benzene rings is 2. The van der Waals surface area contributed by atoms with Crippen molar-refractivity contribution in [2.24, 2.45) is 0 Å². The summed E-state index contributed by atoms with van der Waals surface area (Å²) in [6, 6.07) is 19.7. The Morgan fingerprint density at radius 1 is 1.00 bits per heavy atom. The van der Waals surface area contributed by atoms with Gasteiger partial charge in [0.05, 0.1) is 0 Å². The second kappa shape index (κ2) is 10.7. The Morgan fingerprint density at radius 2 is 1.72 bits per heavy atom. The molecule has 1 amide bonds. The van der Waals surface area contributed by atoms with Gasteiger partial charge in [0.1, 0.15) is 18.1 Å². The van der Waals surface area contributed by atoms with Gasteiger partial charge in [0.25, 0.3) is 5.91 Å². The molecule has 0 unspecified atom stereocenters. The lowest BCUT2D eigenvalue weighted by molar-refractivity contribution is 0.0594. The topological polar surface area (TPSA) is 45.9 Å². The number of hydrogen-bond acceptors (Lipinski definition) is 4. The summed E-state index contributed by atoms with van der Waals surface area (Å²) in [5.74, 6) is 1.73. The van der Waals surface area contributed by atoms with Crippen LogP contribution in [-0.2, 0) is 19.6 Å². The minimum atomic E-state index is -0.0659. The summed E-state index contributed by atoms with van der Waals surface area (Å²) >= 11 is 3.61. The molecule has 32 heavy (non-hydrogen) atoms. The zero-order valence-electron chi connectivity index (χ0n) is 18.0.